The number of hydrogen-bond donors (Lipinski definition) is 1. The standard InChI is InChI=1S/C26H34O6/c1-16(2)26-14-20(30-22(29)15-27)25(4,32-26)19-12-10-17(3)23(19)24(26)31-21(28)13-11-18-8-6-5-7-9-18/h5-9,11,13,16-17,19-20,23-24,27H,10,12,14-15H2,1-4H3/t17-,19+,20+,23-,24+,25-,26+/m0/s1. The Bertz CT molecular complexity index is 880. The summed E-state index contributed by atoms with van der Waals surface area (Å²) in [6.07, 6.45) is 4.72. The minimum absolute atomic E-state index is 0.0457. The first kappa shape index (κ1) is 23.0. The molecule has 0 spiro atoms. The Kier molecular flexibility index (Phi) is 6.21. The quantitative estimate of drug-likeness (QED) is 0.534. The maximum absolute atomic E-state index is 12.9. The molecule has 0 aromatic heterocycles. The molecule has 0 radical (unpaired) electrons. The Morgan fingerprint density at radius 2 is 1.94 bits per heavy atom. The maximum atomic E-state index is 12.9. The predicted octanol–water partition coefficient (Wildman–Crippen LogP) is 3.77. The van der Waals surface area contributed by atoms with Crippen molar-refractivity contribution in [3.8, 4) is 0 Å². The minimum Gasteiger partial charge on any atom is -0.457 e. The van der Waals surface area contributed by atoms with Crippen LogP contribution < -0.4 is 0 Å². The summed E-state index contributed by atoms with van der Waals surface area (Å²) in [6, 6.07) is 9.64. The number of carbonyl (C=O) groups excluding carboxylic acids is 2. The van der Waals surface area contributed by atoms with E-state index < -0.39 is 36.0 Å². The van der Waals surface area contributed by atoms with Crippen molar-refractivity contribution in [3.05, 3.63) is 42.0 Å². The van der Waals surface area contributed by atoms with Gasteiger partial charge in [0.2, 0.25) is 0 Å². The third-order valence-corrected chi connectivity index (χ3v) is 8.01. The smallest absolute Gasteiger partial charge is 0.332 e. The number of aliphatic hydroxyl groups is 1. The second-order valence-corrected chi connectivity index (χ2v) is 10.1. The van der Waals surface area contributed by atoms with Crippen LogP contribution in [0.4, 0.5) is 0 Å². The Balaban J connectivity index is 1.65. The number of hydrogen-bond acceptors (Lipinski definition) is 6. The van der Waals surface area contributed by atoms with Crippen LogP contribution in [0.5, 0.6) is 0 Å². The van der Waals surface area contributed by atoms with E-state index in [4.69, 9.17) is 14.2 Å². The van der Waals surface area contributed by atoms with Gasteiger partial charge in [0.1, 0.15) is 30.0 Å². The number of ether oxygens (including phenoxy) is 3. The lowest BCUT2D eigenvalue weighted by molar-refractivity contribution is -0.264. The van der Waals surface area contributed by atoms with Crippen LogP contribution in [-0.2, 0) is 23.8 Å². The van der Waals surface area contributed by atoms with E-state index in [-0.39, 0.29) is 23.7 Å². The number of carbonyl (C=O) groups is 2. The second kappa shape index (κ2) is 8.64. The molecule has 0 amide bonds. The first-order valence-electron chi connectivity index (χ1n) is 11.7. The van der Waals surface area contributed by atoms with Crippen molar-refractivity contribution in [2.45, 2.75) is 70.4 Å². The van der Waals surface area contributed by atoms with Gasteiger partial charge in [-0.15, -0.1) is 0 Å². The van der Waals surface area contributed by atoms with Gasteiger partial charge in [-0.3, -0.25) is 0 Å². The van der Waals surface area contributed by atoms with Crippen LogP contribution in [-0.4, -0.2) is 47.1 Å². The molecule has 1 aliphatic carbocycles. The van der Waals surface area contributed by atoms with Gasteiger partial charge in [0, 0.05) is 18.4 Å². The molecular weight excluding hydrogens is 408 g/mol. The van der Waals surface area contributed by atoms with Gasteiger partial charge in [-0.2, -0.15) is 0 Å². The zero-order valence-corrected chi connectivity index (χ0v) is 19.3. The van der Waals surface area contributed by atoms with E-state index >= 15 is 0 Å². The molecule has 174 valence electrons. The largest absolute Gasteiger partial charge is 0.457 e. The highest BCUT2D eigenvalue weighted by Crippen LogP contribution is 2.63. The molecule has 2 heterocycles. The Hall–Kier alpha value is -2.18. The summed E-state index contributed by atoms with van der Waals surface area (Å²) in [6.45, 7) is 7.71. The van der Waals surface area contributed by atoms with E-state index in [1.54, 1.807) is 6.08 Å². The molecule has 1 N–H and O–H groups in total. The molecule has 3 aliphatic rings. The fourth-order valence-corrected chi connectivity index (χ4v) is 6.33. The molecule has 32 heavy (non-hydrogen) atoms. The SMILES string of the molecule is CC(C)[C@@]12C[C@@H](OC(=O)CO)[C@@](C)(O1)[C@@H]1CC[C@H](C)[C@@H]1[C@H]2OC(=O)C=Cc1ccccc1. The Morgan fingerprint density at radius 1 is 1.22 bits per heavy atom. The lowest BCUT2D eigenvalue weighted by atomic mass is 9.69. The number of fused-ring (bicyclic) bond motifs is 4. The molecule has 0 unspecified atom stereocenters. The van der Waals surface area contributed by atoms with Gasteiger partial charge in [-0.25, -0.2) is 9.59 Å². The third kappa shape index (κ3) is 3.77. The van der Waals surface area contributed by atoms with Gasteiger partial charge >= 0.3 is 11.9 Å². The van der Waals surface area contributed by atoms with Crippen molar-refractivity contribution in [1.82, 2.24) is 0 Å². The zero-order chi connectivity index (χ0) is 23.1. The zero-order valence-electron chi connectivity index (χ0n) is 19.3. The van der Waals surface area contributed by atoms with Crippen molar-refractivity contribution < 1.29 is 28.9 Å². The maximum Gasteiger partial charge on any atom is 0.332 e. The summed E-state index contributed by atoms with van der Waals surface area (Å²) in [5, 5.41) is 9.25. The summed E-state index contributed by atoms with van der Waals surface area (Å²) in [7, 11) is 0. The number of aliphatic hydroxyl groups excluding tert-OH is 1. The molecule has 6 nitrogen and oxygen atoms in total. The fraction of sp³-hybridized carbons (Fsp3) is 0.615. The first-order chi connectivity index (χ1) is 15.2. The minimum atomic E-state index is -0.745. The topological polar surface area (TPSA) is 82.1 Å². The molecule has 7 atom stereocenters. The van der Waals surface area contributed by atoms with Crippen molar-refractivity contribution in [1.29, 1.82) is 0 Å². The molecular formula is C26H34O6. The van der Waals surface area contributed by atoms with Crippen LogP contribution in [0.15, 0.2) is 36.4 Å². The van der Waals surface area contributed by atoms with Gasteiger partial charge in [-0.1, -0.05) is 51.1 Å². The third-order valence-electron chi connectivity index (χ3n) is 8.01. The summed E-state index contributed by atoms with van der Waals surface area (Å²) in [4.78, 5) is 24.9. The van der Waals surface area contributed by atoms with Crippen LogP contribution in [0.25, 0.3) is 6.08 Å². The molecule has 1 saturated carbocycles. The summed E-state index contributed by atoms with van der Waals surface area (Å²) in [5.41, 5.74) is -0.474. The van der Waals surface area contributed by atoms with Gasteiger partial charge in [0.15, 0.2) is 0 Å². The molecule has 1 aromatic carbocycles. The lowest BCUT2D eigenvalue weighted by Gasteiger charge is -2.52. The van der Waals surface area contributed by atoms with Crippen LogP contribution in [0.2, 0.25) is 0 Å². The van der Waals surface area contributed by atoms with Crippen molar-refractivity contribution >= 4 is 18.0 Å². The predicted molar refractivity (Wildman–Crippen MR) is 119 cm³/mol. The summed E-state index contributed by atoms with van der Waals surface area (Å²) >= 11 is 0. The summed E-state index contributed by atoms with van der Waals surface area (Å²) in [5.74, 6) is -0.385. The van der Waals surface area contributed by atoms with E-state index in [2.05, 4.69) is 20.8 Å². The average molecular weight is 443 g/mol. The average Bonchev–Trinajstić information content (AvgIpc) is 3.28. The van der Waals surface area contributed by atoms with Gasteiger partial charge < -0.3 is 19.3 Å². The van der Waals surface area contributed by atoms with E-state index in [0.29, 0.717) is 12.3 Å². The van der Waals surface area contributed by atoms with E-state index in [9.17, 15) is 14.7 Å². The second-order valence-electron chi connectivity index (χ2n) is 10.1. The van der Waals surface area contributed by atoms with Gasteiger partial charge in [0.05, 0.1) is 0 Å². The highest BCUT2D eigenvalue weighted by Gasteiger charge is 2.72. The van der Waals surface area contributed by atoms with Crippen molar-refractivity contribution in [3.63, 3.8) is 0 Å². The van der Waals surface area contributed by atoms with Crippen LogP contribution in [0.1, 0.15) is 52.5 Å². The van der Waals surface area contributed by atoms with E-state index in [0.717, 1.165) is 18.4 Å². The highest BCUT2D eigenvalue weighted by molar-refractivity contribution is 5.87. The fourth-order valence-electron chi connectivity index (χ4n) is 6.33. The molecule has 1 aromatic rings. The normalized spacial score (nSPS) is 38.1. The van der Waals surface area contributed by atoms with E-state index in [1.165, 1.54) is 6.08 Å². The first-order valence-corrected chi connectivity index (χ1v) is 11.7. The van der Waals surface area contributed by atoms with Crippen LogP contribution >= 0.6 is 0 Å². The number of esters is 2. The number of benzene rings is 1. The Morgan fingerprint density at radius 3 is 2.59 bits per heavy atom. The molecule has 3 fully saturated rings. The van der Waals surface area contributed by atoms with Gasteiger partial charge in [-0.05, 0) is 49.2 Å². The molecule has 2 saturated heterocycles. The molecule has 6 heteroatoms. The van der Waals surface area contributed by atoms with Crippen molar-refractivity contribution in [2.24, 2.45) is 23.7 Å². The number of rotatable bonds is 6. The van der Waals surface area contributed by atoms with Crippen LogP contribution in [0, 0.1) is 23.7 Å². The molecule has 2 bridgehead atoms. The van der Waals surface area contributed by atoms with Crippen molar-refractivity contribution in [2.75, 3.05) is 6.61 Å². The van der Waals surface area contributed by atoms with Gasteiger partial charge in [0.25, 0.3) is 0 Å². The monoisotopic (exact) mass is 442 g/mol. The molecule has 4 rings (SSSR count). The van der Waals surface area contributed by atoms with Crippen LogP contribution in [0.3, 0.4) is 0 Å². The molecule has 2 aliphatic heterocycles. The summed E-state index contributed by atoms with van der Waals surface area (Å²) < 4.78 is 18.6. The highest BCUT2D eigenvalue weighted by atomic mass is 16.6. The van der Waals surface area contributed by atoms with E-state index in [1.807, 2.05) is 37.3 Å². The Labute approximate surface area is 189 Å². The lowest BCUT2D eigenvalue weighted by Crippen LogP contribution is -2.62.